The molecular weight excluding hydrogens is 286 g/mol. The molecule has 1 aromatic heterocycles. The Balaban J connectivity index is 1.99. The van der Waals surface area contributed by atoms with Gasteiger partial charge in [-0.3, -0.25) is 0 Å². The summed E-state index contributed by atoms with van der Waals surface area (Å²) < 4.78 is 7.12. The molecule has 6 nitrogen and oxygen atoms in total. The van der Waals surface area contributed by atoms with E-state index in [1.165, 1.54) is 16.4 Å². The SMILES string of the molecule is Cc1cc(C)cc(OCc2nnc(SCCC#N)n2N)c1. The van der Waals surface area contributed by atoms with Gasteiger partial charge in [-0.05, 0) is 37.1 Å². The zero-order chi connectivity index (χ0) is 15.2. The maximum Gasteiger partial charge on any atom is 0.209 e. The molecular formula is C14H17N5OS. The van der Waals surface area contributed by atoms with Gasteiger partial charge in [-0.1, -0.05) is 17.8 Å². The lowest BCUT2D eigenvalue weighted by Gasteiger charge is -2.08. The third kappa shape index (κ3) is 4.13. The van der Waals surface area contributed by atoms with E-state index >= 15 is 0 Å². The zero-order valence-electron chi connectivity index (χ0n) is 12.0. The highest BCUT2D eigenvalue weighted by Gasteiger charge is 2.10. The number of nitrogens with two attached hydrogens (primary N) is 1. The fraction of sp³-hybridized carbons (Fsp3) is 0.357. The van der Waals surface area contributed by atoms with Gasteiger partial charge in [-0.15, -0.1) is 10.2 Å². The van der Waals surface area contributed by atoms with E-state index in [1.54, 1.807) is 0 Å². The largest absolute Gasteiger partial charge is 0.486 e. The number of nitriles is 1. The number of hydrogen-bond acceptors (Lipinski definition) is 6. The number of thioether (sulfide) groups is 1. The normalized spacial score (nSPS) is 10.3. The number of aryl methyl sites for hydroxylation is 2. The lowest BCUT2D eigenvalue weighted by Crippen LogP contribution is -2.15. The highest BCUT2D eigenvalue weighted by atomic mass is 32.2. The predicted molar refractivity (Wildman–Crippen MR) is 81.4 cm³/mol. The van der Waals surface area contributed by atoms with Crippen LogP contribution in [0.5, 0.6) is 5.75 Å². The van der Waals surface area contributed by atoms with Gasteiger partial charge >= 0.3 is 0 Å². The smallest absolute Gasteiger partial charge is 0.209 e. The summed E-state index contributed by atoms with van der Waals surface area (Å²) in [4.78, 5) is 0. The van der Waals surface area contributed by atoms with Crippen LogP contribution in [0.4, 0.5) is 0 Å². The molecule has 0 atom stereocenters. The Morgan fingerprint density at radius 1 is 1.29 bits per heavy atom. The topological polar surface area (TPSA) is 89.8 Å². The Bertz CT molecular complexity index is 642. The third-order valence-corrected chi connectivity index (χ3v) is 3.69. The quantitative estimate of drug-likeness (QED) is 0.500. The summed E-state index contributed by atoms with van der Waals surface area (Å²) in [5.41, 5.74) is 2.29. The van der Waals surface area contributed by atoms with Crippen molar-refractivity contribution in [2.75, 3.05) is 11.6 Å². The van der Waals surface area contributed by atoms with Gasteiger partial charge in [-0.25, -0.2) is 4.68 Å². The molecule has 0 fully saturated rings. The van der Waals surface area contributed by atoms with E-state index in [9.17, 15) is 0 Å². The van der Waals surface area contributed by atoms with Crippen molar-refractivity contribution in [3.63, 3.8) is 0 Å². The van der Waals surface area contributed by atoms with Crippen LogP contribution < -0.4 is 10.6 Å². The van der Waals surface area contributed by atoms with Crippen LogP contribution in [0.2, 0.25) is 0 Å². The Morgan fingerprint density at radius 3 is 2.67 bits per heavy atom. The summed E-state index contributed by atoms with van der Waals surface area (Å²) in [7, 11) is 0. The van der Waals surface area contributed by atoms with E-state index in [0.717, 1.165) is 16.9 Å². The molecule has 0 radical (unpaired) electrons. The summed E-state index contributed by atoms with van der Waals surface area (Å²) in [6, 6.07) is 8.09. The van der Waals surface area contributed by atoms with Crippen molar-refractivity contribution in [2.45, 2.75) is 32.0 Å². The molecule has 0 aliphatic carbocycles. The van der Waals surface area contributed by atoms with Crippen LogP contribution in [-0.4, -0.2) is 20.6 Å². The van der Waals surface area contributed by atoms with Crippen molar-refractivity contribution >= 4 is 11.8 Å². The number of nitrogens with zero attached hydrogens (tertiary/aromatic N) is 4. The van der Waals surface area contributed by atoms with Gasteiger partial charge in [0.1, 0.15) is 12.4 Å². The van der Waals surface area contributed by atoms with Crippen LogP contribution in [0.1, 0.15) is 23.4 Å². The fourth-order valence-corrected chi connectivity index (χ4v) is 2.58. The van der Waals surface area contributed by atoms with E-state index in [1.807, 2.05) is 26.0 Å². The van der Waals surface area contributed by atoms with Crippen LogP contribution in [0.3, 0.4) is 0 Å². The summed E-state index contributed by atoms with van der Waals surface area (Å²) >= 11 is 1.41. The minimum atomic E-state index is 0.255. The van der Waals surface area contributed by atoms with Gasteiger partial charge < -0.3 is 10.6 Å². The van der Waals surface area contributed by atoms with E-state index in [4.69, 9.17) is 15.8 Å². The Kier molecular flexibility index (Phi) is 5.06. The van der Waals surface area contributed by atoms with Gasteiger partial charge in [0.25, 0.3) is 0 Å². The Hall–Kier alpha value is -2.20. The van der Waals surface area contributed by atoms with Crippen LogP contribution in [-0.2, 0) is 6.61 Å². The molecule has 0 saturated heterocycles. The molecule has 0 amide bonds. The third-order valence-electron chi connectivity index (χ3n) is 2.74. The van der Waals surface area contributed by atoms with Crippen molar-refractivity contribution in [1.29, 1.82) is 5.26 Å². The van der Waals surface area contributed by atoms with E-state index < -0.39 is 0 Å². The van der Waals surface area contributed by atoms with Crippen molar-refractivity contribution in [3.05, 3.63) is 35.2 Å². The highest BCUT2D eigenvalue weighted by Crippen LogP contribution is 2.19. The van der Waals surface area contributed by atoms with Gasteiger partial charge in [0.05, 0.1) is 6.07 Å². The second kappa shape index (κ2) is 6.99. The average Bonchev–Trinajstić information content (AvgIpc) is 2.77. The molecule has 2 aromatic rings. The monoisotopic (exact) mass is 303 g/mol. The standard InChI is InChI=1S/C14H17N5OS/c1-10-6-11(2)8-12(7-10)20-9-13-17-18-14(19(13)16)21-5-3-4-15/h6-8H,3,5,9,16H2,1-2H3. The molecule has 110 valence electrons. The number of benzene rings is 1. The van der Waals surface area contributed by atoms with Gasteiger partial charge in [0.2, 0.25) is 5.16 Å². The molecule has 0 bridgehead atoms. The summed E-state index contributed by atoms with van der Waals surface area (Å²) in [5, 5.41) is 17.1. The molecule has 2 N–H and O–H groups in total. The van der Waals surface area contributed by atoms with Crippen LogP contribution in [0, 0.1) is 25.2 Å². The number of aromatic nitrogens is 3. The zero-order valence-corrected chi connectivity index (χ0v) is 12.9. The molecule has 0 unspecified atom stereocenters. The lowest BCUT2D eigenvalue weighted by atomic mass is 10.1. The van der Waals surface area contributed by atoms with E-state index in [2.05, 4.69) is 22.3 Å². The second-order valence-electron chi connectivity index (χ2n) is 4.64. The highest BCUT2D eigenvalue weighted by molar-refractivity contribution is 7.99. The maximum absolute atomic E-state index is 8.52. The first-order valence-electron chi connectivity index (χ1n) is 6.50. The molecule has 1 heterocycles. The first-order valence-corrected chi connectivity index (χ1v) is 7.49. The first kappa shape index (κ1) is 15.2. The fourth-order valence-electron chi connectivity index (χ4n) is 1.86. The lowest BCUT2D eigenvalue weighted by molar-refractivity contribution is 0.291. The number of nitrogen functional groups attached to an aromatic ring is 1. The van der Waals surface area contributed by atoms with Gasteiger partial charge in [0.15, 0.2) is 5.82 Å². The van der Waals surface area contributed by atoms with Crippen molar-refractivity contribution in [3.8, 4) is 11.8 Å². The number of hydrogen-bond donors (Lipinski definition) is 1. The molecule has 21 heavy (non-hydrogen) atoms. The van der Waals surface area contributed by atoms with Crippen LogP contribution in [0.15, 0.2) is 23.4 Å². The minimum absolute atomic E-state index is 0.255. The Morgan fingerprint density at radius 2 is 2.00 bits per heavy atom. The van der Waals surface area contributed by atoms with Gasteiger partial charge in [-0.2, -0.15) is 5.26 Å². The second-order valence-corrected chi connectivity index (χ2v) is 5.70. The molecule has 2 rings (SSSR count). The summed E-state index contributed by atoms with van der Waals surface area (Å²) in [6.45, 7) is 4.30. The van der Waals surface area contributed by atoms with Crippen LogP contribution >= 0.6 is 11.8 Å². The maximum atomic E-state index is 8.52. The Labute approximate surface area is 127 Å². The molecule has 7 heteroatoms. The minimum Gasteiger partial charge on any atom is -0.486 e. The number of rotatable bonds is 6. The molecule has 0 aliphatic rings. The van der Waals surface area contributed by atoms with Crippen molar-refractivity contribution in [2.24, 2.45) is 0 Å². The first-order chi connectivity index (χ1) is 10.1. The van der Waals surface area contributed by atoms with Crippen molar-refractivity contribution in [1.82, 2.24) is 14.9 Å². The van der Waals surface area contributed by atoms with E-state index in [-0.39, 0.29) is 6.61 Å². The summed E-state index contributed by atoms with van der Waals surface area (Å²) in [5.74, 6) is 7.90. The van der Waals surface area contributed by atoms with Gasteiger partial charge in [0, 0.05) is 12.2 Å². The van der Waals surface area contributed by atoms with Crippen LogP contribution in [0.25, 0.3) is 0 Å². The molecule has 0 aliphatic heterocycles. The molecule has 0 saturated carbocycles. The number of ether oxygens (including phenoxy) is 1. The molecule has 1 aromatic carbocycles. The van der Waals surface area contributed by atoms with E-state index in [0.29, 0.717) is 23.2 Å². The summed E-state index contributed by atoms with van der Waals surface area (Å²) in [6.07, 6.45) is 0.450. The predicted octanol–water partition coefficient (Wildman–Crippen LogP) is 2.19. The molecule has 0 spiro atoms. The average molecular weight is 303 g/mol. The van der Waals surface area contributed by atoms with Crippen molar-refractivity contribution < 1.29 is 4.74 Å².